The maximum Gasteiger partial charge on any atom is 0.267 e. The minimum atomic E-state index is -3.80. The first kappa shape index (κ1) is 21.2. The lowest BCUT2D eigenvalue weighted by Crippen LogP contribution is -2.15. The number of hydrogen-bond acceptors (Lipinski definition) is 5. The Kier molecular flexibility index (Phi) is 7.32. The van der Waals surface area contributed by atoms with Crippen molar-refractivity contribution in [3.8, 4) is 6.07 Å². The first-order valence-electron chi connectivity index (χ1n) is 8.73. The van der Waals surface area contributed by atoms with Gasteiger partial charge in [0.1, 0.15) is 11.6 Å². The highest BCUT2D eigenvalue weighted by Gasteiger charge is 2.11. The van der Waals surface area contributed by atoms with Crippen molar-refractivity contribution in [3.05, 3.63) is 65.9 Å². The number of amides is 1. The molecule has 4 N–H and O–H groups in total. The van der Waals surface area contributed by atoms with Crippen LogP contribution in [0.15, 0.2) is 65.2 Å². The normalized spacial score (nSPS) is 11.5. The van der Waals surface area contributed by atoms with Crippen LogP contribution in [0.5, 0.6) is 0 Å². The van der Waals surface area contributed by atoms with Crippen LogP contribution >= 0.6 is 0 Å². The van der Waals surface area contributed by atoms with Crippen molar-refractivity contribution in [2.45, 2.75) is 31.1 Å². The molecule has 2 aromatic carbocycles. The fraction of sp³-hybridized carbons (Fsp3) is 0.200. The van der Waals surface area contributed by atoms with Crippen LogP contribution in [0.4, 0.5) is 11.4 Å². The van der Waals surface area contributed by atoms with Gasteiger partial charge < -0.3 is 10.6 Å². The van der Waals surface area contributed by atoms with Crippen LogP contribution in [-0.4, -0.2) is 14.3 Å². The first-order valence-corrected chi connectivity index (χ1v) is 10.3. The molecule has 28 heavy (non-hydrogen) atoms. The van der Waals surface area contributed by atoms with E-state index in [0.717, 1.165) is 24.9 Å². The fourth-order valence-corrected chi connectivity index (χ4v) is 2.89. The number of aryl methyl sites for hydroxylation is 1. The van der Waals surface area contributed by atoms with Crippen LogP contribution in [-0.2, 0) is 21.2 Å². The quantitative estimate of drug-likeness (QED) is 0.465. The maximum absolute atomic E-state index is 12.2. The molecule has 0 radical (unpaired) electrons. The molecule has 0 saturated heterocycles. The fourth-order valence-electron chi connectivity index (χ4n) is 2.38. The molecule has 0 unspecified atom stereocenters. The zero-order chi connectivity index (χ0) is 20.6. The van der Waals surface area contributed by atoms with Crippen molar-refractivity contribution < 1.29 is 13.2 Å². The average Bonchev–Trinajstić information content (AvgIpc) is 2.67. The minimum Gasteiger partial charge on any atom is -0.360 e. The molecule has 0 spiro atoms. The zero-order valence-corrected chi connectivity index (χ0v) is 16.3. The van der Waals surface area contributed by atoms with E-state index in [1.54, 1.807) is 0 Å². The van der Waals surface area contributed by atoms with E-state index in [1.165, 1.54) is 36.0 Å². The van der Waals surface area contributed by atoms with Crippen molar-refractivity contribution in [1.82, 2.24) is 0 Å². The van der Waals surface area contributed by atoms with Gasteiger partial charge in [0.05, 0.1) is 4.90 Å². The lowest BCUT2D eigenvalue weighted by molar-refractivity contribution is -0.112. The molecule has 0 fully saturated rings. The van der Waals surface area contributed by atoms with E-state index in [0.29, 0.717) is 5.69 Å². The summed E-state index contributed by atoms with van der Waals surface area (Å²) in [5.74, 6) is -0.613. The minimum absolute atomic E-state index is 0.0643. The monoisotopic (exact) mass is 398 g/mol. The summed E-state index contributed by atoms with van der Waals surface area (Å²) < 4.78 is 22.5. The van der Waals surface area contributed by atoms with E-state index in [4.69, 9.17) is 5.14 Å². The number of carbonyl (C=O) groups is 1. The van der Waals surface area contributed by atoms with Gasteiger partial charge in [-0.3, -0.25) is 4.79 Å². The number of sulfonamides is 1. The summed E-state index contributed by atoms with van der Waals surface area (Å²) in [6, 6.07) is 15.0. The third kappa shape index (κ3) is 6.23. The van der Waals surface area contributed by atoms with Crippen LogP contribution < -0.4 is 15.8 Å². The van der Waals surface area contributed by atoms with E-state index < -0.39 is 15.9 Å². The van der Waals surface area contributed by atoms with Crippen molar-refractivity contribution in [3.63, 3.8) is 0 Å². The Labute approximate surface area is 164 Å². The number of nitrogens with two attached hydrogens (primary N) is 1. The van der Waals surface area contributed by atoms with Crippen molar-refractivity contribution in [2.24, 2.45) is 5.14 Å². The van der Waals surface area contributed by atoms with Crippen LogP contribution in [0.25, 0.3) is 0 Å². The molecule has 8 heteroatoms. The largest absolute Gasteiger partial charge is 0.360 e. The molecule has 146 valence electrons. The number of nitriles is 1. The highest BCUT2D eigenvalue weighted by Crippen LogP contribution is 2.15. The summed E-state index contributed by atoms with van der Waals surface area (Å²) in [5.41, 5.74) is 2.22. The molecule has 0 aliphatic rings. The van der Waals surface area contributed by atoms with Gasteiger partial charge in [0.25, 0.3) is 5.91 Å². The summed E-state index contributed by atoms with van der Waals surface area (Å²) in [4.78, 5) is 12.2. The summed E-state index contributed by atoms with van der Waals surface area (Å²) in [6.45, 7) is 2.14. The topological polar surface area (TPSA) is 125 Å². The number of nitrogens with zero attached hydrogens (tertiary/aromatic N) is 1. The molecule has 2 rings (SSSR count). The van der Waals surface area contributed by atoms with Gasteiger partial charge in [-0.1, -0.05) is 25.5 Å². The molecule has 0 aliphatic heterocycles. The number of carbonyl (C=O) groups excluding carboxylic acids is 1. The molecule has 0 bridgehead atoms. The number of rotatable bonds is 8. The Bertz CT molecular complexity index is 989. The molecule has 1 amide bonds. The lowest BCUT2D eigenvalue weighted by Gasteiger charge is -2.07. The van der Waals surface area contributed by atoms with Crippen molar-refractivity contribution >= 4 is 27.3 Å². The van der Waals surface area contributed by atoms with Gasteiger partial charge in [-0.15, -0.1) is 0 Å². The van der Waals surface area contributed by atoms with Crippen molar-refractivity contribution in [2.75, 3.05) is 10.6 Å². The van der Waals surface area contributed by atoms with E-state index in [-0.39, 0.29) is 10.5 Å². The molecule has 2 aromatic rings. The first-order chi connectivity index (χ1) is 13.3. The third-order valence-corrected chi connectivity index (χ3v) is 4.89. The predicted octanol–water partition coefficient (Wildman–Crippen LogP) is 3.13. The Balaban J connectivity index is 2.01. The Hall–Kier alpha value is -3.15. The molecule has 0 aromatic heterocycles. The second kappa shape index (κ2) is 9.69. The second-order valence-electron chi connectivity index (χ2n) is 6.14. The van der Waals surface area contributed by atoms with Crippen LogP contribution in [0.1, 0.15) is 25.3 Å². The average molecular weight is 398 g/mol. The molecule has 0 atom stereocenters. The third-order valence-electron chi connectivity index (χ3n) is 3.96. The highest BCUT2D eigenvalue weighted by molar-refractivity contribution is 7.89. The second-order valence-corrected chi connectivity index (χ2v) is 7.70. The summed E-state index contributed by atoms with van der Waals surface area (Å²) in [7, 11) is -3.80. The molecule has 0 aliphatic carbocycles. The summed E-state index contributed by atoms with van der Waals surface area (Å²) >= 11 is 0. The molecular weight excluding hydrogens is 376 g/mol. The lowest BCUT2D eigenvalue weighted by atomic mass is 10.1. The number of primary sulfonamides is 1. The number of hydrogen-bond donors (Lipinski definition) is 3. The van der Waals surface area contributed by atoms with E-state index in [9.17, 15) is 18.5 Å². The molecule has 0 saturated carbocycles. The van der Waals surface area contributed by atoms with E-state index >= 15 is 0 Å². The molecule has 0 heterocycles. The molecular formula is C20H22N4O3S. The summed E-state index contributed by atoms with van der Waals surface area (Å²) in [5, 5.41) is 19.7. The Morgan fingerprint density at radius 2 is 1.71 bits per heavy atom. The maximum atomic E-state index is 12.2. The number of unbranched alkanes of at least 4 members (excludes halogenated alkanes) is 1. The zero-order valence-electron chi connectivity index (χ0n) is 15.5. The Morgan fingerprint density at radius 3 is 2.25 bits per heavy atom. The molecule has 7 nitrogen and oxygen atoms in total. The number of nitrogens with one attached hydrogen (secondary N) is 2. The van der Waals surface area contributed by atoms with Gasteiger partial charge in [0, 0.05) is 17.6 Å². The van der Waals surface area contributed by atoms with Gasteiger partial charge in [0.2, 0.25) is 10.0 Å². The number of anilines is 2. The van der Waals surface area contributed by atoms with Gasteiger partial charge in [-0.05, 0) is 54.8 Å². The standard InChI is InChI=1S/C20H22N4O3S/c1-2-3-4-15-5-7-17(8-6-15)23-14-16(13-21)20(25)24-18-9-11-19(12-10-18)28(22,26)27/h5-12,14,23H,2-4H2,1H3,(H,24,25)(H2,22,26,27)/b16-14-. The van der Waals surface area contributed by atoms with Gasteiger partial charge in [-0.25, -0.2) is 13.6 Å². The predicted molar refractivity (Wildman–Crippen MR) is 109 cm³/mol. The SMILES string of the molecule is CCCCc1ccc(N/C=C(/C#N)C(=O)Nc2ccc(S(N)(=O)=O)cc2)cc1. The number of benzene rings is 2. The van der Waals surface area contributed by atoms with Gasteiger partial charge in [-0.2, -0.15) is 5.26 Å². The van der Waals surface area contributed by atoms with Gasteiger partial charge >= 0.3 is 0 Å². The van der Waals surface area contributed by atoms with E-state index in [1.807, 2.05) is 30.3 Å². The van der Waals surface area contributed by atoms with Crippen molar-refractivity contribution in [1.29, 1.82) is 5.26 Å². The van der Waals surface area contributed by atoms with Crippen LogP contribution in [0.3, 0.4) is 0 Å². The van der Waals surface area contributed by atoms with Crippen LogP contribution in [0, 0.1) is 11.3 Å². The summed E-state index contributed by atoms with van der Waals surface area (Å²) in [6.07, 6.45) is 4.61. The van der Waals surface area contributed by atoms with Gasteiger partial charge in [0.15, 0.2) is 0 Å². The highest BCUT2D eigenvalue weighted by atomic mass is 32.2. The van der Waals surface area contributed by atoms with Crippen LogP contribution in [0.2, 0.25) is 0 Å². The smallest absolute Gasteiger partial charge is 0.267 e. The Morgan fingerprint density at radius 1 is 1.11 bits per heavy atom. The van der Waals surface area contributed by atoms with E-state index in [2.05, 4.69) is 17.6 Å².